The lowest BCUT2D eigenvalue weighted by atomic mass is 10.1. The topological polar surface area (TPSA) is 55.0 Å². The molecule has 0 atom stereocenters. The second kappa shape index (κ2) is 4.96. The third kappa shape index (κ3) is 1.98. The highest BCUT2D eigenvalue weighted by Gasteiger charge is 2.11. The number of rotatable bonds is 2. The summed E-state index contributed by atoms with van der Waals surface area (Å²) in [6.45, 7) is 0. The van der Waals surface area contributed by atoms with Gasteiger partial charge in [-0.2, -0.15) is 0 Å². The molecule has 0 radical (unpaired) electrons. The van der Waals surface area contributed by atoms with E-state index in [2.05, 4.69) is 16.0 Å². The molecule has 0 bridgehead atoms. The number of nitrogens with one attached hydrogen (secondary N) is 1. The molecular formula is C17H12N2O2S. The molecule has 108 valence electrons. The fourth-order valence-corrected chi connectivity index (χ4v) is 3.48. The van der Waals surface area contributed by atoms with E-state index < -0.39 is 0 Å². The van der Waals surface area contributed by atoms with E-state index in [1.54, 1.807) is 24.5 Å². The molecule has 22 heavy (non-hydrogen) atoms. The smallest absolute Gasteiger partial charge is 0.259 e. The second-order valence-corrected chi connectivity index (χ2v) is 5.85. The molecule has 0 amide bonds. The van der Waals surface area contributed by atoms with E-state index in [1.165, 1.54) is 4.70 Å². The van der Waals surface area contributed by atoms with Gasteiger partial charge in [0.1, 0.15) is 11.6 Å². The number of thiophene rings is 1. The van der Waals surface area contributed by atoms with Crippen molar-refractivity contribution in [2.45, 2.75) is 0 Å². The van der Waals surface area contributed by atoms with Crippen molar-refractivity contribution < 1.29 is 4.74 Å². The Balaban J connectivity index is 1.98. The Kier molecular flexibility index (Phi) is 2.94. The number of hydrogen-bond acceptors (Lipinski definition) is 4. The van der Waals surface area contributed by atoms with Crippen molar-refractivity contribution in [3.05, 3.63) is 58.2 Å². The van der Waals surface area contributed by atoms with Gasteiger partial charge in [0, 0.05) is 21.0 Å². The van der Waals surface area contributed by atoms with Crippen molar-refractivity contribution in [2.24, 2.45) is 0 Å². The van der Waals surface area contributed by atoms with E-state index in [0.717, 1.165) is 10.9 Å². The van der Waals surface area contributed by atoms with Crippen LogP contribution in [0.4, 0.5) is 0 Å². The highest BCUT2D eigenvalue weighted by Crippen LogP contribution is 2.32. The van der Waals surface area contributed by atoms with Crippen molar-refractivity contribution >= 4 is 32.3 Å². The van der Waals surface area contributed by atoms with Crippen LogP contribution in [0.2, 0.25) is 0 Å². The fraction of sp³-hybridized carbons (Fsp3) is 0.0588. The molecule has 4 rings (SSSR count). The van der Waals surface area contributed by atoms with Crippen LogP contribution in [0.1, 0.15) is 0 Å². The molecule has 0 fully saturated rings. The van der Waals surface area contributed by atoms with Crippen molar-refractivity contribution in [3.8, 4) is 17.1 Å². The number of fused-ring (bicyclic) bond motifs is 2. The number of aromatic amines is 1. The molecule has 0 unspecified atom stereocenters. The summed E-state index contributed by atoms with van der Waals surface area (Å²) in [6.07, 6.45) is 0. The molecule has 0 spiro atoms. The number of methoxy groups -OCH3 is 1. The summed E-state index contributed by atoms with van der Waals surface area (Å²) in [4.78, 5) is 19.8. The van der Waals surface area contributed by atoms with Crippen LogP contribution in [0.3, 0.4) is 0 Å². The molecule has 5 heteroatoms. The first-order valence-corrected chi connectivity index (χ1v) is 7.69. The molecule has 2 aromatic heterocycles. The van der Waals surface area contributed by atoms with E-state index in [1.807, 2.05) is 35.7 Å². The normalized spacial score (nSPS) is 11.1. The predicted octanol–water partition coefficient (Wildman–Crippen LogP) is 3.81. The predicted molar refractivity (Wildman–Crippen MR) is 89.7 cm³/mol. The minimum atomic E-state index is -0.158. The lowest BCUT2D eigenvalue weighted by molar-refractivity contribution is 0.415. The number of H-pyrrole nitrogens is 1. The highest BCUT2D eigenvalue weighted by atomic mass is 32.1. The van der Waals surface area contributed by atoms with Crippen LogP contribution in [0, 0.1) is 0 Å². The highest BCUT2D eigenvalue weighted by molar-refractivity contribution is 7.17. The zero-order valence-corrected chi connectivity index (χ0v) is 12.6. The maximum Gasteiger partial charge on any atom is 0.259 e. The van der Waals surface area contributed by atoms with Gasteiger partial charge >= 0.3 is 0 Å². The molecule has 0 saturated heterocycles. The molecule has 2 heterocycles. The van der Waals surface area contributed by atoms with E-state index in [0.29, 0.717) is 22.5 Å². The van der Waals surface area contributed by atoms with Crippen LogP contribution in [0.15, 0.2) is 52.6 Å². The van der Waals surface area contributed by atoms with E-state index in [-0.39, 0.29) is 5.56 Å². The average Bonchev–Trinajstić information content (AvgIpc) is 2.98. The van der Waals surface area contributed by atoms with E-state index in [4.69, 9.17) is 4.74 Å². The zero-order chi connectivity index (χ0) is 15.1. The minimum Gasteiger partial charge on any atom is -0.497 e. The molecule has 2 aromatic carbocycles. The third-order valence-electron chi connectivity index (χ3n) is 3.65. The Morgan fingerprint density at radius 1 is 1.14 bits per heavy atom. The third-order valence-corrected chi connectivity index (χ3v) is 4.61. The van der Waals surface area contributed by atoms with Gasteiger partial charge < -0.3 is 9.72 Å². The Labute approximate surface area is 130 Å². The van der Waals surface area contributed by atoms with Crippen LogP contribution < -0.4 is 10.3 Å². The summed E-state index contributed by atoms with van der Waals surface area (Å²) in [5.41, 5.74) is 1.46. The molecule has 1 N–H and O–H groups in total. The zero-order valence-electron chi connectivity index (χ0n) is 11.8. The summed E-state index contributed by atoms with van der Waals surface area (Å²) < 4.78 is 6.33. The van der Waals surface area contributed by atoms with Gasteiger partial charge in [0.2, 0.25) is 0 Å². The van der Waals surface area contributed by atoms with Gasteiger partial charge in [0.25, 0.3) is 5.56 Å². The first-order chi connectivity index (χ1) is 10.8. The SMILES string of the molecule is COc1ccc2nc(-c3csc4ccccc34)[nH]c(=O)c2c1. The molecule has 4 nitrogen and oxygen atoms in total. The van der Waals surface area contributed by atoms with Crippen LogP contribution in [0.25, 0.3) is 32.4 Å². The largest absolute Gasteiger partial charge is 0.497 e. The van der Waals surface area contributed by atoms with Gasteiger partial charge in [-0.15, -0.1) is 11.3 Å². The van der Waals surface area contributed by atoms with Crippen molar-refractivity contribution in [2.75, 3.05) is 7.11 Å². The standard InChI is InChI=1S/C17H12N2O2S/c1-21-10-6-7-14-12(8-10)17(20)19-16(18-14)13-9-22-15-5-3-2-4-11(13)15/h2-9H,1H3,(H,18,19,20). The summed E-state index contributed by atoms with van der Waals surface area (Å²) in [6, 6.07) is 13.4. The Morgan fingerprint density at radius 2 is 2.00 bits per heavy atom. The monoisotopic (exact) mass is 308 g/mol. The quantitative estimate of drug-likeness (QED) is 0.612. The van der Waals surface area contributed by atoms with Gasteiger partial charge in [-0.3, -0.25) is 4.79 Å². The minimum absolute atomic E-state index is 0.158. The second-order valence-electron chi connectivity index (χ2n) is 4.94. The average molecular weight is 308 g/mol. The molecule has 0 aliphatic heterocycles. The molecule has 0 saturated carbocycles. The number of ether oxygens (including phenoxy) is 1. The van der Waals surface area contributed by atoms with E-state index in [9.17, 15) is 4.79 Å². The summed E-state index contributed by atoms with van der Waals surface area (Å²) in [7, 11) is 1.58. The molecular weight excluding hydrogens is 296 g/mol. The lowest BCUT2D eigenvalue weighted by Crippen LogP contribution is -2.09. The van der Waals surface area contributed by atoms with Gasteiger partial charge in [-0.25, -0.2) is 4.98 Å². The van der Waals surface area contributed by atoms with Crippen molar-refractivity contribution in [3.63, 3.8) is 0 Å². The van der Waals surface area contributed by atoms with Gasteiger partial charge in [-0.1, -0.05) is 18.2 Å². The van der Waals surface area contributed by atoms with E-state index >= 15 is 0 Å². The molecule has 4 aromatic rings. The van der Waals surface area contributed by atoms with Crippen molar-refractivity contribution in [1.29, 1.82) is 0 Å². The molecule has 0 aliphatic carbocycles. The maximum atomic E-state index is 12.4. The number of benzene rings is 2. The number of hydrogen-bond donors (Lipinski definition) is 1. The Bertz CT molecular complexity index is 1050. The Morgan fingerprint density at radius 3 is 2.86 bits per heavy atom. The number of aromatic nitrogens is 2. The Hall–Kier alpha value is -2.66. The fourth-order valence-electron chi connectivity index (χ4n) is 2.53. The van der Waals surface area contributed by atoms with Crippen LogP contribution >= 0.6 is 11.3 Å². The van der Waals surface area contributed by atoms with Crippen LogP contribution in [-0.2, 0) is 0 Å². The van der Waals surface area contributed by atoms with Crippen LogP contribution in [-0.4, -0.2) is 17.1 Å². The maximum absolute atomic E-state index is 12.4. The summed E-state index contributed by atoms with van der Waals surface area (Å²) >= 11 is 1.64. The first-order valence-electron chi connectivity index (χ1n) is 6.81. The van der Waals surface area contributed by atoms with Crippen molar-refractivity contribution in [1.82, 2.24) is 9.97 Å². The summed E-state index contributed by atoms with van der Waals surface area (Å²) in [5, 5.41) is 3.66. The van der Waals surface area contributed by atoms with Crippen LogP contribution in [0.5, 0.6) is 5.75 Å². The van der Waals surface area contributed by atoms with Gasteiger partial charge in [-0.05, 0) is 24.3 Å². The first kappa shape index (κ1) is 13.0. The lowest BCUT2D eigenvalue weighted by Gasteiger charge is -2.04. The van der Waals surface area contributed by atoms with Gasteiger partial charge in [0.15, 0.2) is 0 Å². The molecule has 0 aliphatic rings. The van der Waals surface area contributed by atoms with Gasteiger partial charge in [0.05, 0.1) is 18.0 Å². The number of nitrogens with zero attached hydrogens (tertiary/aromatic N) is 1. The summed E-state index contributed by atoms with van der Waals surface area (Å²) in [5.74, 6) is 1.24.